The van der Waals surface area contributed by atoms with E-state index in [1.54, 1.807) is 26.4 Å². The van der Waals surface area contributed by atoms with E-state index in [2.05, 4.69) is 11.0 Å². The van der Waals surface area contributed by atoms with E-state index in [0.29, 0.717) is 10.6 Å². The summed E-state index contributed by atoms with van der Waals surface area (Å²) in [5.41, 5.74) is 1.48. The van der Waals surface area contributed by atoms with Crippen LogP contribution in [-0.4, -0.2) is 39.5 Å². The zero-order chi connectivity index (χ0) is 13.1. The Morgan fingerprint density at radius 1 is 1.28 bits per heavy atom. The van der Waals surface area contributed by atoms with Crippen LogP contribution in [0.4, 0.5) is 5.69 Å². The summed E-state index contributed by atoms with van der Waals surface area (Å²) in [5, 5.41) is 9.40. The van der Waals surface area contributed by atoms with Crippen LogP contribution in [0.1, 0.15) is 5.56 Å². The summed E-state index contributed by atoms with van der Waals surface area (Å²) in [6, 6.07) is 7.39. The van der Waals surface area contributed by atoms with E-state index >= 15 is 0 Å². The summed E-state index contributed by atoms with van der Waals surface area (Å²) < 4.78 is 10.8. The summed E-state index contributed by atoms with van der Waals surface area (Å²) in [5.74, 6) is 0. The standard InChI is InChI=1S/C13H15ClN2O2/c1-17-12-7-16(8-13(12)18-2)11-4-3-9(6-15)5-10(11)14/h3-5,12-13H,7-8H2,1-2H3. The van der Waals surface area contributed by atoms with Gasteiger partial charge >= 0.3 is 0 Å². The highest BCUT2D eigenvalue weighted by Gasteiger charge is 2.33. The van der Waals surface area contributed by atoms with Gasteiger partial charge in [-0.15, -0.1) is 0 Å². The van der Waals surface area contributed by atoms with Crippen LogP contribution in [0.5, 0.6) is 0 Å². The smallest absolute Gasteiger partial charge is 0.102 e. The van der Waals surface area contributed by atoms with Crippen molar-refractivity contribution < 1.29 is 9.47 Å². The summed E-state index contributed by atoms with van der Waals surface area (Å²) in [6.07, 6.45) is 0.0865. The number of benzene rings is 1. The average molecular weight is 267 g/mol. The predicted molar refractivity (Wildman–Crippen MR) is 70.0 cm³/mol. The van der Waals surface area contributed by atoms with Crippen molar-refractivity contribution in [1.29, 1.82) is 5.26 Å². The monoisotopic (exact) mass is 266 g/mol. The molecule has 0 saturated carbocycles. The maximum Gasteiger partial charge on any atom is 0.102 e. The molecule has 2 atom stereocenters. The third-order valence-electron chi connectivity index (χ3n) is 3.24. The first-order chi connectivity index (χ1) is 8.69. The molecule has 1 fully saturated rings. The Morgan fingerprint density at radius 2 is 1.89 bits per heavy atom. The van der Waals surface area contributed by atoms with E-state index < -0.39 is 0 Å². The number of methoxy groups -OCH3 is 2. The fourth-order valence-electron chi connectivity index (χ4n) is 2.23. The molecule has 96 valence electrons. The molecule has 1 saturated heterocycles. The first-order valence-corrected chi connectivity index (χ1v) is 6.07. The summed E-state index contributed by atoms with van der Waals surface area (Å²) in [6.45, 7) is 1.47. The van der Waals surface area contributed by atoms with Crippen LogP contribution >= 0.6 is 11.6 Å². The molecule has 0 N–H and O–H groups in total. The quantitative estimate of drug-likeness (QED) is 0.840. The molecule has 1 heterocycles. The number of anilines is 1. The molecule has 18 heavy (non-hydrogen) atoms. The fourth-order valence-corrected chi connectivity index (χ4v) is 2.53. The van der Waals surface area contributed by atoms with Gasteiger partial charge in [0.25, 0.3) is 0 Å². The number of nitriles is 1. The van der Waals surface area contributed by atoms with Crippen LogP contribution in [0.15, 0.2) is 18.2 Å². The van der Waals surface area contributed by atoms with Crippen molar-refractivity contribution >= 4 is 17.3 Å². The lowest BCUT2D eigenvalue weighted by Crippen LogP contribution is -2.27. The van der Waals surface area contributed by atoms with Crippen LogP contribution in [0.3, 0.4) is 0 Å². The Bertz CT molecular complexity index is 461. The second-order valence-corrected chi connectivity index (χ2v) is 4.64. The molecule has 5 heteroatoms. The van der Waals surface area contributed by atoms with Gasteiger partial charge in [0.2, 0.25) is 0 Å². The van der Waals surface area contributed by atoms with Crippen LogP contribution in [0, 0.1) is 11.3 Å². The van der Waals surface area contributed by atoms with E-state index in [4.69, 9.17) is 26.3 Å². The summed E-state index contributed by atoms with van der Waals surface area (Å²) >= 11 is 6.20. The first kappa shape index (κ1) is 13.2. The highest BCUT2D eigenvalue weighted by molar-refractivity contribution is 6.33. The number of hydrogen-bond donors (Lipinski definition) is 0. The van der Waals surface area contributed by atoms with Gasteiger partial charge in [-0.25, -0.2) is 0 Å². The second kappa shape index (κ2) is 5.57. The summed E-state index contributed by atoms with van der Waals surface area (Å²) in [4.78, 5) is 2.12. The van der Waals surface area contributed by atoms with Crippen LogP contribution < -0.4 is 4.90 Å². The maximum atomic E-state index is 8.82. The Labute approximate surface area is 112 Å². The SMILES string of the molecule is COC1CN(c2ccc(C#N)cc2Cl)CC1OC. The second-order valence-electron chi connectivity index (χ2n) is 4.23. The van der Waals surface area contributed by atoms with Gasteiger partial charge in [-0.05, 0) is 18.2 Å². The van der Waals surface area contributed by atoms with Gasteiger partial charge in [0, 0.05) is 27.3 Å². The van der Waals surface area contributed by atoms with Crippen molar-refractivity contribution in [3.63, 3.8) is 0 Å². The molecule has 0 aliphatic carbocycles. The maximum absolute atomic E-state index is 8.82. The number of halogens is 1. The van der Waals surface area contributed by atoms with Crippen molar-refractivity contribution in [2.24, 2.45) is 0 Å². The van der Waals surface area contributed by atoms with Crippen LogP contribution in [0.2, 0.25) is 5.02 Å². The van der Waals surface area contributed by atoms with Crippen molar-refractivity contribution in [1.82, 2.24) is 0 Å². The first-order valence-electron chi connectivity index (χ1n) is 5.69. The lowest BCUT2D eigenvalue weighted by atomic mass is 10.2. The van der Waals surface area contributed by atoms with Crippen molar-refractivity contribution in [3.8, 4) is 6.07 Å². The van der Waals surface area contributed by atoms with Crippen molar-refractivity contribution in [3.05, 3.63) is 28.8 Å². The molecule has 0 aromatic heterocycles. The molecule has 0 amide bonds. The number of nitrogens with zero attached hydrogens (tertiary/aromatic N) is 2. The molecule has 2 rings (SSSR count). The highest BCUT2D eigenvalue weighted by Crippen LogP contribution is 2.30. The Morgan fingerprint density at radius 3 is 2.33 bits per heavy atom. The van der Waals surface area contributed by atoms with Gasteiger partial charge in [-0.1, -0.05) is 11.6 Å². The van der Waals surface area contributed by atoms with Crippen LogP contribution in [0.25, 0.3) is 0 Å². The van der Waals surface area contributed by atoms with Gasteiger partial charge in [0.05, 0.1) is 22.3 Å². The number of ether oxygens (including phenoxy) is 2. The van der Waals surface area contributed by atoms with Gasteiger partial charge in [-0.3, -0.25) is 0 Å². The van der Waals surface area contributed by atoms with Crippen molar-refractivity contribution in [2.75, 3.05) is 32.2 Å². The van der Waals surface area contributed by atoms with E-state index in [1.165, 1.54) is 0 Å². The lowest BCUT2D eigenvalue weighted by molar-refractivity contribution is -0.00461. The largest absolute Gasteiger partial charge is 0.377 e. The third kappa shape index (κ3) is 2.44. The van der Waals surface area contributed by atoms with E-state index in [-0.39, 0.29) is 12.2 Å². The topological polar surface area (TPSA) is 45.5 Å². The molecule has 0 radical (unpaired) electrons. The average Bonchev–Trinajstić information content (AvgIpc) is 2.81. The van der Waals surface area contributed by atoms with Crippen LogP contribution in [-0.2, 0) is 9.47 Å². The Kier molecular flexibility index (Phi) is 4.07. The minimum Gasteiger partial charge on any atom is -0.377 e. The molecule has 0 bridgehead atoms. The fraction of sp³-hybridized carbons (Fsp3) is 0.462. The van der Waals surface area contributed by atoms with Gasteiger partial charge in [0.1, 0.15) is 12.2 Å². The third-order valence-corrected chi connectivity index (χ3v) is 3.54. The van der Waals surface area contributed by atoms with Gasteiger partial charge in [-0.2, -0.15) is 5.26 Å². The molecule has 1 aromatic carbocycles. The molecule has 2 unspecified atom stereocenters. The lowest BCUT2D eigenvalue weighted by Gasteiger charge is -2.19. The molecule has 1 aliphatic rings. The Hall–Kier alpha value is -1.28. The molecule has 1 aliphatic heterocycles. The van der Waals surface area contributed by atoms with Gasteiger partial charge < -0.3 is 14.4 Å². The predicted octanol–water partition coefficient (Wildman–Crippen LogP) is 2.06. The minimum absolute atomic E-state index is 0.0433. The molecular formula is C13H15ClN2O2. The molecule has 1 aromatic rings. The highest BCUT2D eigenvalue weighted by atomic mass is 35.5. The number of hydrogen-bond acceptors (Lipinski definition) is 4. The Balaban J connectivity index is 2.21. The minimum atomic E-state index is 0.0433. The zero-order valence-corrected chi connectivity index (χ0v) is 11.1. The van der Waals surface area contributed by atoms with E-state index in [9.17, 15) is 0 Å². The number of rotatable bonds is 3. The van der Waals surface area contributed by atoms with Gasteiger partial charge in [0.15, 0.2) is 0 Å². The normalized spacial score (nSPS) is 23.1. The molecule has 4 nitrogen and oxygen atoms in total. The molecular weight excluding hydrogens is 252 g/mol. The van der Waals surface area contributed by atoms with Crippen molar-refractivity contribution in [2.45, 2.75) is 12.2 Å². The summed E-state index contributed by atoms with van der Waals surface area (Å²) in [7, 11) is 3.36. The molecule has 0 spiro atoms. The zero-order valence-electron chi connectivity index (χ0n) is 10.4. The van der Waals surface area contributed by atoms with E-state index in [0.717, 1.165) is 18.8 Å². The van der Waals surface area contributed by atoms with E-state index in [1.807, 2.05) is 6.07 Å².